The molecule has 0 radical (unpaired) electrons. The predicted octanol–water partition coefficient (Wildman–Crippen LogP) is 1.76. The SMILES string of the molecule is Cc1ccc(C)c(CN)c1. The summed E-state index contributed by atoms with van der Waals surface area (Å²) in [6, 6.07) is 6.35. The van der Waals surface area contributed by atoms with Gasteiger partial charge in [-0.05, 0) is 25.0 Å². The van der Waals surface area contributed by atoms with Gasteiger partial charge in [-0.25, -0.2) is 0 Å². The molecule has 0 spiro atoms. The van der Waals surface area contributed by atoms with Crippen molar-refractivity contribution >= 4 is 0 Å². The van der Waals surface area contributed by atoms with Crippen LogP contribution in [0.2, 0.25) is 0 Å². The molecule has 0 unspecified atom stereocenters. The van der Waals surface area contributed by atoms with E-state index in [1.807, 2.05) is 0 Å². The summed E-state index contributed by atoms with van der Waals surface area (Å²) in [5.74, 6) is 0. The van der Waals surface area contributed by atoms with Gasteiger partial charge in [-0.2, -0.15) is 0 Å². The first-order valence-corrected chi connectivity index (χ1v) is 3.50. The smallest absolute Gasteiger partial charge is 0.0180 e. The Morgan fingerprint density at radius 3 is 2.50 bits per heavy atom. The zero-order chi connectivity index (χ0) is 7.56. The molecule has 0 aromatic heterocycles. The fraction of sp³-hybridized carbons (Fsp3) is 0.333. The van der Waals surface area contributed by atoms with Gasteiger partial charge in [0.25, 0.3) is 0 Å². The first-order valence-electron chi connectivity index (χ1n) is 3.50. The van der Waals surface area contributed by atoms with Crippen molar-refractivity contribution < 1.29 is 0 Å². The van der Waals surface area contributed by atoms with Crippen LogP contribution >= 0.6 is 0 Å². The van der Waals surface area contributed by atoms with Gasteiger partial charge in [0.2, 0.25) is 0 Å². The third-order valence-corrected chi connectivity index (χ3v) is 1.72. The molecule has 0 saturated carbocycles. The molecule has 0 aliphatic carbocycles. The van der Waals surface area contributed by atoms with Crippen molar-refractivity contribution in [3.63, 3.8) is 0 Å². The summed E-state index contributed by atoms with van der Waals surface area (Å²) in [6.07, 6.45) is 0. The summed E-state index contributed by atoms with van der Waals surface area (Å²) in [7, 11) is 0. The van der Waals surface area contributed by atoms with Crippen molar-refractivity contribution in [3.8, 4) is 0 Å². The van der Waals surface area contributed by atoms with Crippen LogP contribution in [0.5, 0.6) is 0 Å². The molecule has 2 N–H and O–H groups in total. The molecule has 1 nitrogen and oxygen atoms in total. The minimum Gasteiger partial charge on any atom is -0.326 e. The molecule has 1 aromatic carbocycles. The molecule has 0 aliphatic heterocycles. The van der Waals surface area contributed by atoms with Crippen LogP contribution in [0.25, 0.3) is 0 Å². The largest absolute Gasteiger partial charge is 0.326 e. The Kier molecular flexibility index (Phi) is 2.07. The lowest BCUT2D eigenvalue weighted by molar-refractivity contribution is 1.04. The number of nitrogens with two attached hydrogens (primary N) is 1. The second kappa shape index (κ2) is 2.84. The summed E-state index contributed by atoms with van der Waals surface area (Å²) in [5.41, 5.74) is 9.34. The summed E-state index contributed by atoms with van der Waals surface area (Å²) in [6.45, 7) is 4.81. The molecule has 0 amide bonds. The van der Waals surface area contributed by atoms with E-state index in [4.69, 9.17) is 5.73 Å². The average molecular weight is 135 g/mol. The molecule has 0 bridgehead atoms. The van der Waals surface area contributed by atoms with Crippen LogP contribution in [0.4, 0.5) is 0 Å². The first-order chi connectivity index (χ1) is 4.74. The van der Waals surface area contributed by atoms with Crippen molar-refractivity contribution in [1.82, 2.24) is 0 Å². The van der Waals surface area contributed by atoms with E-state index in [0.717, 1.165) is 0 Å². The second-order valence-corrected chi connectivity index (χ2v) is 2.63. The lowest BCUT2D eigenvalue weighted by Crippen LogP contribution is -1.98. The molecule has 10 heavy (non-hydrogen) atoms. The minimum atomic E-state index is 0.646. The third-order valence-electron chi connectivity index (χ3n) is 1.72. The maximum Gasteiger partial charge on any atom is 0.0180 e. The topological polar surface area (TPSA) is 26.0 Å². The Morgan fingerprint density at radius 2 is 2.00 bits per heavy atom. The van der Waals surface area contributed by atoms with Crippen LogP contribution in [0.3, 0.4) is 0 Å². The second-order valence-electron chi connectivity index (χ2n) is 2.63. The van der Waals surface area contributed by atoms with Crippen LogP contribution in [-0.2, 0) is 6.54 Å². The Morgan fingerprint density at radius 1 is 1.30 bits per heavy atom. The Labute approximate surface area is 61.9 Å². The Hall–Kier alpha value is -0.820. The van der Waals surface area contributed by atoms with Gasteiger partial charge in [-0.15, -0.1) is 0 Å². The van der Waals surface area contributed by atoms with Crippen LogP contribution < -0.4 is 5.73 Å². The normalized spacial score (nSPS) is 9.90. The molecule has 54 valence electrons. The van der Waals surface area contributed by atoms with Gasteiger partial charge >= 0.3 is 0 Å². The minimum absolute atomic E-state index is 0.646. The van der Waals surface area contributed by atoms with Gasteiger partial charge in [-0.3, -0.25) is 0 Å². The van der Waals surface area contributed by atoms with Gasteiger partial charge in [0.1, 0.15) is 0 Å². The van der Waals surface area contributed by atoms with E-state index in [1.165, 1.54) is 16.7 Å². The number of benzene rings is 1. The summed E-state index contributed by atoms with van der Waals surface area (Å²) < 4.78 is 0. The van der Waals surface area contributed by atoms with E-state index < -0.39 is 0 Å². The van der Waals surface area contributed by atoms with E-state index in [0.29, 0.717) is 6.54 Å². The van der Waals surface area contributed by atoms with Gasteiger partial charge < -0.3 is 5.73 Å². The fourth-order valence-electron chi connectivity index (χ4n) is 1.02. The van der Waals surface area contributed by atoms with Crippen molar-refractivity contribution in [3.05, 3.63) is 34.9 Å². The van der Waals surface area contributed by atoms with Gasteiger partial charge in [0.15, 0.2) is 0 Å². The zero-order valence-corrected chi connectivity index (χ0v) is 6.52. The summed E-state index contributed by atoms with van der Waals surface area (Å²) >= 11 is 0. The monoisotopic (exact) mass is 135 g/mol. The highest BCUT2D eigenvalue weighted by Gasteiger charge is 1.93. The van der Waals surface area contributed by atoms with Crippen molar-refractivity contribution in [1.29, 1.82) is 0 Å². The van der Waals surface area contributed by atoms with Gasteiger partial charge in [0.05, 0.1) is 0 Å². The highest BCUT2D eigenvalue weighted by Crippen LogP contribution is 2.08. The summed E-state index contributed by atoms with van der Waals surface area (Å²) in [4.78, 5) is 0. The van der Waals surface area contributed by atoms with Gasteiger partial charge in [0, 0.05) is 6.54 Å². The molecule has 1 heteroatoms. The molecular formula is C9H13N. The lowest BCUT2D eigenvalue weighted by atomic mass is 10.1. The molecule has 1 aromatic rings. The molecule has 0 aliphatic rings. The Balaban J connectivity index is 3.09. The molecule has 1 rings (SSSR count). The van der Waals surface area contributed by atoms with Crippen LogP contribution in [0.1, 0.15) is 16.7 Å². The number of aryl methyl sites for hydroxylation is 2. The maximum absolute atomic E-state index is 5.52. The van der Waals surface area contributed by atoms with Crippen molar-refractivity contribution in [2.45, 2.75) is 20.4 Å². The van der Waals surface area contributed by atoms with E-state index in [2.05, 4.69) is 32.0 Å². The number of hydrogen-bond acceptors (Lipinski definition) is 1. The van der Waals surface area contributed by atoms with Gasteiger partial charge in [-0.1, -0.05) is 23.8 Å². The highest BCUT2D eigenvalue weighted by atomic mass is 14.5. The molecule has 0 atom stereocenters. The predicted molar refractivity (Wildman–Crippen MR) is 43.8 cm³/mol. The fourth-order valence-corrected chi connectivity index (χ4v) is 1.02. The molecule has 0 fully saturated rings. The van der Waals surface area contributed by atoms with E-state index >= 15 is 0 Å². The molecular weight excluding hydrogens is 122 g/mol. The number of hydrogen-bond donors (Lipinski definition) is 1. The van der Waals surface area contributed by atoms with Crippen molar-refractivity contribution in [2.75, 3.05) is 0 Å². The lowest BCUT2D eigenvalue weighted by Gasteiger charge is -2.02. The molecule has 0 heterocycles. The quantitative estimate of drug-likeness (QED) is 0.624. The highest BCUT2D eigenvalue weighted by molar-refractivity contribution is 5.29. The van der Waals surface area contributed by atoms with Crippen LogP contribution in [-0.4, -0.2) is 0 Å². The number of rotatable bonds is 1. The zero-order valence-electron chi connectivity index (χ0n) is 6.52. The third kappa shape index (κ3) is 1.36. The standard InChI is InChI=1S/C9H13N/c1-7-3-4-8(2)9(5-7)6-10/h3-5H,6,10H2,1-2H3. The van der Waals surface area contributed by atoms with E-state index in [1.54, 1.807) is 0 Å². The van der Waals surface area contributed by atoms with E-state index in [9.17, 15) is 0 Å². The maximum atomic E-state index is 5.52. The van der Waals surface area contributed by atoms with Crippen LogP contribution in [0, 0.1) is 13.8 Å². The first kappa shape index (κ1) is 7.29. The van der Waals surface area contributed by atoms with Crippen molar-refractivity contribution in [2.24, 2.45) is 5.73 Å². The molecule has 0 saturated heterocycles. The van der Waals surface area contributed by atoms with E-state index in [-0.39, 0.29) is 0 Å². The summed E-state index contributed by atoms with van der Waals surface area (Å²) in [5, 5.41) is 0. The van der Waals surface area contributed by atoms with Crippen LogP contribution in [0.15, 0.2) is 18.2 Å². The Bertz CT molecular complexity index is 228. The average Bonchev–Trinajstić information content (AvgIpc) is 1.94.